The van der Waals surface area contributed by atoms with Crippen molar-refractivity contribution >= 4 is 22.8 Å². The summed E-state index contributed by atoms with van der Waals surface area (Å²) in [6, 6.07) is 7.25. The van der Waals surface area contributed by atoms with E-state index in [9.17, 15) is 9.59 Å². The molecule has 5 heteroatoms. The van der Waals surface area contributed by atoms with Crippen molar-refractivity contribution in [3.05, 3.63) is 35.7 Å². The third-order valence-electron chi connectivity index (χ3n) is 2.41. The molecule has 0 spiro atoms. The van der Waals surface area contributed by atoms with E-state index in [0.29, 0.717) is 16.9 Å². The second-order valence-electron chi connectivity index (χ2n) is 3.65. The minimum absolute atomic E-state index is 0.223. The van der Waals surface area contributed by atoms with E-state index < -0.39 is 11.8 Å². The molecule has 86 valence electrons. The fraction of sp³-hybridized carbons (Fsp3) is 0.167. The monoisotopic (exact) mass is 230 g/mol. The van der Waals surface area contributed by atoms with Crippen molar-refractivity contribution in [1.82, 2.24) is 9.97 Å². The largest absolute Gasteiger partial charge is 0.475 e. The highest BCUT2D eigenvalue weighted by molar-refractivity contribution is 6.33. The lowest BCUT2D eigenvalue weighted by Gasteiger charge is -2.04. The summed E-state index contributed by atoms with van der Waals surface area (Å²) in [7, 11) is 0. The van der Waals surface area contributed by atoms with Crippen LogP contribution in [0.5, 0.6) is 0 Å². The van der Waals surface area contributed by atoms with Gasteiger partial charge in [-0.15, -0.1) is 0 Å². The van der Waals surface area contributed by atoms with Crippen molar-refractivity contribution in [1.29, 1.82) is 0 Å². The zero-order valence-corrected chi connectivity index (χ0v) is 9.17. The molecule has 1 aromatic carbocycles. The van der Waals surface area contributed by atoms with Gasteiger partial charge in [0.1, 0.15) is 0 Å². The zero-order chi connectivity index (χ0) is 12.4. The third-order valence-corrected chi connectivity index (χ3v) is 2.41. The number of hydrogen-bond donors (Lipinski definition) is 1. The molecule has 1 aromatic heterocycles. The van der Waals surface area contributed by atoms with E-state index in [2.05, 4.69) is 9.97 Å². The highest BCUT2D eigenvalue weighted by atomic mass is 16.4. The van der Waals surface area contributed by atoms with Gasteiger partial charge in [-0.1, -0.05) is 12.1 Å². The molecule has 0 aliphatic rings. The summed E-state index contributed by atoms with van der Waals surface area (Å²) in [6.07, 6.45) is -0.223. The fourth-order valence-corrected chi connectivity index (χ4v) is 1.52. The number of carboxylic acid groups (broad SMARTS) is 1. The van der Waals surface area contributed by atoms with Gasteiger partial charge in [-0.3, -0.25) is 4.79 Å². The molecule has 2 rings (SSSR count). The van der Waals surface area contributed by atoms with Gasteiger partial charge in [0.2, 0.25) is 5.78 Å². The van der Waals surface area contributed by atoms with E-state index >= 15 is 0 Å². The number of carboxylic acids is 1. The number of para-hydroxylation sites is 2. The molecule has 17 heavy (non-hydrogen) atoms. The maximum Gasteiger partial charge on any atom is 0.372 e. The first-order chi connectivity index (χ1) is 8.08. The van der Waals surface area contributed by atoms with Gasteiger partial charge in [-0.05, 0) is 19.1 Å². The number of hydrogen-bond acceptors (Lipinski definition) is 4. The smallest absolute Gasteiger partial charge is 0.372 e. The van der Waals surface area contributed by atoms with Crippen LogP contribution in [-0.2, 0) is 16.0 Å². The minimum atomic E-state index is -1.45. The summed E-state index contributed by atoms with van der Waals surface area (Å²) >= 11 is 0. The second-order valence-corrected chi connectivity index (χ2v) is 3.65. The Morgan fingerprint density at radius 3 is 2.35 bits per heavy atom. The number of carbonyl (C=O) groups is 2. The van der Waals surface area contributed by atoms with E-state index in [4.69, 9.17) is 5.11 Å². The number of aliphatic carboxylic acids is 1. The lowest BCUT2D eigenvalue weighted by atomic mass is 10.1. The molecule has 0 amide bonds. The maximum absolute atomic E-state index is 11.1. The first-order valence-corrected chi connectivity index (χ1v) is 5.06. The predicted octanol–water partition coefficient (Wildman–Crippen LogP) is 1.13. The number of carbonyl (C=O) groups excluding carboxylic acids is 1. The SMILES string of the molecule is Cc1nc2ccccc2nc1CC(=O)C(=O)O. The first-order valence-electron chi connectivity index (χ1n) is 5.06. The molecule has 0 aliphatic heterocycles. The van der Waals surface area contributed by atoms with Crippen molar-refractivity contribution < 1.29 is 14.7 Å². The van der Waals surface area contributed by atoms with Crippen molar-refractivity contribution in [2.75, 3.05) is 0 Å². The molecule has 0 unspecified atom stereocenters. The molecule has 1 heterocycles. The topological polar surface area (TPSA) is 80.2 Å². The average Bonchev–Trinajstić information content (AvgIpc) is 2.29. The van der Waals surface area contributed by atoms with Crippen LogP contribution in [0.25, 0.3) is 11.0 Å². The number of Topliss-reactive ketones (excluding diaryl/α,β-unsaturated/α-hetero) is 1. The molecule has 0 saturated carbocycles. The van der Waals surface area contributed by atoms with Crippen molar-refractivity contribution in [3.8, 4) is 0 Å². The third kappa shape index (κ3) is 2.28. The molecule has 0 fully saturated rings. The zero-order valence-electron chi connectivity index (χ0n) is 9.17. The van der Waals surface area contributed by atoms with Gasteiger partial charge in [-0.25, -0.2) is 14.8 Å². The number of aryl methyl sites for hydroxylation is 1. The van der Waals surface area contributed by atoms with Crippen LogP contribution in [0.15, 0.2) is 24.3 Å². The number of rotatable bonds is 3. The second kappa shape index (κ2) is 4.29. The molecular formula is C12H10N2O3. The van der Waals surface area contributed by atoms with E-state index in [1.165, 1.54) is 0 Å². The van der Waals surface area contributed by atoms with Gasteiger partial charge in [0.05, 0.1) is 28.8 Å². The Kier molecular flexibility index (Phi) is 2.82. The summed E-state index contributed by atoms with van der Waals surface area (Å²) < 4.78 is 0. The van der Waals surface area contributed by atoms with Crippen molar-refractivity contribution in [2.24, 2.45) is 0 Å². The normalized spacial score (nSPS) is 10.4. The molecule has 0 bridgehead atoms. The summed E-state index contributed by atoms with van der Waals surface area (Å²) in [4.78, 5) is 30.1. The summed E-state index contributed by atoms with van der Waals surface area (Å²) in [5.74, 6) is -2.32. The van der Waals surface area contributed by atoms with Crippen molar-refractivity contribution in [2.45, 2.75) is 13.3 Å². The van der Waals surface area contributed by atoms with Gasteiger partial charge in [0, 0.05) is 0 Å². The van der Waals surface area contributed by atoms with Gasteiger partial charge >= 0.3 is 5.97 Å². The van der Waals surface area contributed by atoms with Crippen molar-refractivity contribution in [3.63, 3.8) is 0 Å². The highest BCUT2D eigenvalue weighted by Crippen LogP contribution is 2.12. The summed E-state index contributed by atoms with van der Waals surface area (Å²) in [5.41, 5.74) is 2.39. The van der Waals surface area contributed by atoms with E-state index in [1.54, 1.807) is 13.0 Å². The van der Waals surface area contributed by atoms with Gasteiger partial charge in [-0.2, -0.15) is 0 Å². The van der Waals surface area contributed by atoms with Crippen LogP contribution >= 0.6 is 0 Å². The maximum atomic E-state index is 11.1. The fourth-order valence-electron chi connectivity index (χ4n) is 1.52. The van der Waals surface area contributed by atoms with Crippen LogP contribution in [0.4, 0.5) is 0 Å². The Bertz CT molecular complexity index is 608. The number of aromatic nitrogens is 2. The van der Waals surface area contributed by atoms with Gasteiger partial charge < -0.3 is 5.11 Å². The molecule has 0 aliphatic carbocycles. The lowest BCUT2D eigenvalue weighted by molar-refractivity contribution is -0.148. The van der Waals surface area contributed by atoms with Crippen LogP contribution in [0, 0.1) is 6.92 Å². The van der Waals surface area contributed by atoms with Crippen LogP contribution in [0.2, 0.25) is 0 Å². The summed E-state index contributed by atoms with van der Waals surface area (Å²) in [5, 5.41) is 8.55. The van der Waals surface area contributed by atoms with E-state index in [1.807, 2.05) is 18.2 Å². The average molecular weight is 230 g/mol. The van der Waals surface area contributed by atoms with Crippen LogP contribution < -0.4 is 0 Å². The molecular weight excluding hydrogens is 220 g/mol. The number of ketones is 1. The Morgan fingerprint density at radius 1 is 1.18 bits per heavy atom. The molecule has 2 aromatic rings. The first kappa shape index (κ1) is 11.2. The van der Waals surface area contributed by atoms with Crippen LogP contribution in [0.3, 0.4) is 0 Å². The number of fused-ring (bicyclic) bond motifs is 1. The Morgan fingerprint density at radius 2 is 1.76 bits per heavy atom. The lowest BCUT2D eigenvalue weighted by Crippen LogP contribution is -2.17. The number of benzene rings is 1. The van der Waals surface area contributed by atoms with Gasteiger partial charge in [0.15, 0.2) is 0 Å². The van der Waals surface area contributed by atoms with E-state index in [0.717, 1.165) is 5.52 Å². The minimum Gasteiger partial charge on any atom is -0.475 e. The van der Waals surface area contributed by atoms with Crippen LogP contribution in [0.1, 0.15) is 11.4 Å². The van der Waals surface area contributed by atoms with Gasteiger partial charge in [0.25, 0.3) is 0 Å². The Labute approximate surface area is 97.1 Å². The highest BCUT2D eigenvalue weighted by Gasteiger charge is 2.15. The van der Waals surface area contributed by atoms with Crippen LogP contribution in [-0.4, -0.2) is 26.8 Å². The Balaban J connectivity index is 2.44. The standard InChI is InChI=1S/C12H10N2O3/c1-7-10(6-11(15)12(16)17)14-9-5-3-2-4-8(9)13-7/h2-5H,6H2,1H3,(H,16,17). The summed E-state index contributed by atoms with van der Waals surface area (Å²) in [6.45, 7) is 1.71. The van der Waals surface area contributed by atoms with E-state index in [-0.39, 0.29) is 6.42 Å². The molecule has 0 saturated heterocycles. The molecule has 5 nitrogen and oxygen atoms in total. The Hall–Kier alpha value is -2.30. The predicted molar refractivity (Wildman–Crippen MR) is 60.6 cm³/mol. The molecule has 0 atom stereocenters. The molecule has 0 radical (unpaired) electrons. The molecule has 1 N–H and O–H groups in total. The quantitative estimate of drug-likeness (QED) is 0.799. The number of nitrogens with zero attached hydrogens (tertiary/aromatic N) is 2.